The summed E-state index contributed by atoms with van der Waals surface area (Å²) in [6.45, 7) is 2.43. The normalized spacial score (nSPS) is 19.6. The first-order valence-electron chi connectivity index (χ1n) is 9.16. The summed E-state index contributed by atoms with van der Waals surface area (Å²) in [6.07, 6.45) is 2.97. The number of ketones is 1. The van der Waals surface area contributed by atoms with Gasteiger partial charge in [0.1, 0.15) is 24.3 Å². The van der Waals surface area contributed by atoms with Gasteiger partial charge in [-0.2, -0.15) is 0 Å². The number of carbonyl (C=O) groups excluding carboxylic acids is 1. The van der Waals surface area contributed by atoms with Crippen molar-refractivity contribution >= 4 is 64.6 Å². The largest absolute Gasteiger partial charge is 0.475 e. The standard InChI is InChI=1S/C18H19B2BrN2O3S/c1-2-3-12-22-16-13(10-6-7-18(20,21)15(24)14(10)27-16)17(25)23(12)8-9-4-5-11(19)26-9/h4-5H,2-3,6-8,19-20H2,1H3. The van der Waals surface area contributed by atoms with Crippen molar-refractivity contribution in [3.8, 4) is 0 Å². The smallest absolute Gasteiger partial charge is 0.262 e. The second-order valence-electron chi connectivity index (χ2n) is 7.30. The quantitative estimate of drug-likeness (QED) is 0.447. The lowest BCUT2D eigenvalue weighted by Crippen LogP contribution is -2.36. The van der Waals surface area contributed by atoms with Crippen molar-refractivity contribution in [2.24, 2.45) is 0 Å². The zero-order valence-corrected chi connectivity index (χ0v) is 18.0. The first-order valence-corrected chi connectivity index (χ1v) is 10.8. The fourth-order valence-corrected chi connectivity index (χ4v) is 5.45. The van der Waals surface area contributed by atoms with Crippen LogP contribution in [0.1, 0.15) is 46.6 Å². The molecule has 1 aliphatic carbocycles. The number of thiophene rings is 1. The van der Waals surface area contributed by atoms with Crippen LogP contribution in [0, 0.1) is 0 Å². The molecule has 0 bridgehead atoms. The molecule has 0 aliphatic heterocycles. The summed E-state index contributed by atoms with van der Waals surface area (Å²) in [5, 5.41) is 0.606. The molecule has 0 aromatic carbocycles. The molecule has 0 saturated carbocycles. The number of furan rings is 1. The molecule has 0 amide bonds. The number of Topliss-reactive ketones (excluding diaryl/α,β-unsaturated/α-hetero) is 1. The highest BCUT2D eigenvalue weighted by Gasteiger charge is 2.39. The number of hydrogen-bond acceptors (Lipinski definition) is 5. The van der Waals surface area contributed by atoms with Crippen molar-refractivity contribution in [3.05, 3.63) is 44.5 Å². The van der Waals surface area contributed by atoms with Crippen LogP contribution in [0.5, 0.6) is 0 Å². The molecule has 9 heteroatoms. The van der Waals surface area contributed by atoms with Crippen LogP contribution in [0.3, 0.4) is 0 Å². The molecule has 3 aromatic rings. The molecule has 138 valence electrons. The second-order valence-corrected chi connectivity index (χ2v) is 10.0. The highest BCUT2D eigenvalue weighted by molar-refractivity contribution is 9.10. The lowest BCUT2D eigenvalue weighted by atomic mass is 9.74. The molecule has 1 aliphatic rings. The number of hydrogen-bond donors (Lipinski definition) is 0. The molecule has 0 spiro atoms. The number of nitrogens with zero attached hydrogens (tertiary/aromatic N) is 2. The Hall–Kier alpha value is -1.60. The summed E-state index contributed by atoms with van der Waals surface area (Å²) < 4.78 is 6.84. The second kappa shape index (κ2) is 6.78. The topological polar surface area (TPSA) is 65.1 Å². The fraction of sp³-hybridized carbons (Fsp3) is 0.389. The van der Waals surface area contributed by atoms with Crippen LogP contribution in [0.4, 0.5) is 0 Å². The van der Waals surface area contributed by atoms with Gasteiger partial charge in [-0.05, 0) is 37.0 Å². The van der Waals surface area contributed by atoms with Crippen LogP contribution >= 0.6 is 27.3 Å². The van der Waals surface area contributed by atoms with Crippen molar-refractivity contribution in [3.63, 3.8) is 0 Å². The highest BCUT2D eigenvalue weighted by atomic mass is 79.9. The van der Waals surface area contributed by atoms with E-state index in [2.05, 4.69) is 22.9 Å². The molecule has 27 heavy (non-hydrogen) atoms. The van der Waals surface area contributed by atoms with E-state index in [4.69, 9.17) is 9.40 Å². The number of fused-ring (bicyclic) bond motifs is 3. The van der Waals surface area contributed by atoms with Crippen LogP contribution in [-0.4, -0.2) is 35.3 Å². The lowest BCUT2D eigenvalue weighted by Gasteiger charge is -2.25. The zero-order chi connectivity index (χ0) is 19.3. The monoisotopic (exact) mass is 444 g/mol. The highest BCUT2D eigenvalue weighted by Crippen LogP contribution is 2.39. The first kappa shape index (κ1) is 18.7. The minimum absolute atomic E-state index is 0.0522. The van der Waals surface area contributed by atoms with E-state index in [0.29, 0.717) is 40.9 Å². The van der Waals surface area contributed by atoms with E-state index in [0.717, 1.165) is 29.2 Å². The number of carbonyl (C=O) groups is 1. The minimum atomic E-state index is -0.558. The predicted octanol–water partition coefficient (Wildman–Crippen LogP) is 1.16. The molecule has 0 radical (unpaired) electrons. The van der Waals surface area contributed by atoms with Gasteiger partial charge < -0.3 is 4.42 Å². The van der Waals surface area contributed by atoms with Gasteiger partial charge in [0.2, 0.25) is 0 Å². The molecule has 0 N–H and O–H groups in total. The van der Waals surface area contributed by atoms with Crippen LogP contribution in [0.2, 0.25) is 0 Å². The minimum Gasteiger partial charge on any atom is -0.475 e. The van der Waals surface area contributed by atoms with Gasteiger partial charge >= 0.3 is 0 Å². The molecule has 3 aromatic heterocycles. The average Bonchev–Trinajstić information content (AvgIpc) is 3.19. The molecule has 5 nitrogen and oxygen atoms in total. The van der Waals surface area contributed by atoms with E-state index in [9.17, 15) is 9.59 Å². The van der Waals surface area contributed by atoms with Crippen molar-refractivity contribution in [2.45, 2.75) is 43.4 Å². The van der Waals surface area contributed by atoms with Gasteiger partial charge in [0, 0.05) is 6.42 Å². The summed E-state index contributed by atoms with van der Waals surface area (Å²) in [7, 11) is 3.79. The van der Waals surface area contributed by atoms with Crippen molar-refractivity contribution in [1.29, 1.82) is 0 Å². The van der Waals surface area contributed by atoms with E-state index in [1.54, 1.807) is 4.57 Å². The third-order valence-corrected chi connectivity index (χ3v) is 6.98. The van der Waals surface area contributed by atoms with Gasteiger partial charge in [-0.1, -0.05) is 22.9 Å². The maximum Gasteiger partial charge on any atom is 0.262 e. The van der Waals surface area contributed by atoms with E-state index in [1.807, 2.05) is 27.8 Å². The van der Waals surface area contributed by atoms with E-state index in [-0.39, 0.29) is 11.3 Å². The van der Waals surface area contributed by atoms with Gasteiger partial charge in [-0.25, -0.2) is 4.98 Å². The molecule has 3 heterocycles. The van der Waals surface area contributed by atoms with Crippen LogP contribution in [0.25, 0.3) is 10.2 Å². The summed E-state index contributed by atoms with van der Waals surface area (Å²) in [6, 6.07) is 3.79. The fourth-order valence-electron chi connectivity index (χ4n) is 3.62. The maximum atomic E-state index is 13.4. The third-order valence-electron chi connectivity index (χ3n) is 5.10. The van der Waals surface area contributed by atoms with Crippen molar-refractivity contribution in [2.75, 3.05) is 0 Å². The summed E-state index contributed by atoms with van der Waals surface area (Å²) >= 11 is 4.90. The summed E-state index contributed by atoms with van der Waals surface area (Å²) in [5.74, 6) is 1.54. The Morgan fingerprint density at radius 3 is 2.85 bits per heavy atom. The Bertz CT molecular complexity index is 1120. The Kier molecular flexibility index (Phi) is 4.71. The van der Waals surface area contributed by atoms with Crippen molar-refractivity contribution in [1.82, 2.24) is 9.55 Å². The summed E-state index contributed by atoms with van der Waals surface area (Å²) in [5.41, 5.74) is 1.61. The van der Waals surface area contributed by atoms with Crippen molar-refractivity contribution < 1.29 is 9.21 Å². The maximum absolute atomic E-state index is 13.4. The molecule has 4 rings (SSSR count). The van der Waals surface area contributed by atoms with Crippen LogP contribution in [-0.2, 0) is 19.4 Å². The third kappa shape index (κ3) is 3.14. The molecule has 0 fully saturated rings. The zero-order valence-electron chi connectivity index (χ0n) is 15.6. The predicted molar refractivity (Wildman–Crippen MR) is 117 cm³/mol. The SMILES string of the molecule is Bc1ccc(Cn2c(CCC)nc3sc4c(c3c2=O)CCC(B)(Br)C4=O)o1. The van der Waals surface area contributed by atoms with Crippen LogP contribution < -0.4 is 11.2 Å². The van der Waals surface area contributed by atoms with Gasteiger partial charge in [-0.3, -0.25) is 14.2 Å². The van der Waals surface area contributed by atoms with Crippen LogP contribution in [0.15, 0.2) is 21.3 Å². The lowest BCUT2D eigenvalue weighted by molar-refractivity contribution is 0.0971. The Balaban J connectivity index is 1.92. The number of rotatable bonds is 4. The Morgan fingerprint density at radius 1 is 1.41 bits per heavy atom. The van der Waals surface area contributed by atoms with Gasteiger partial charge in [0.05, 0.1) is 26.7 Å². The van der Waals surface area contributed by atoms with E-state index < -0.39 is 4.22 Å². The summed E-state index contributed by atoms with van der Waals surface area (Å²) in [4.78, 5) is 32.4. The average molecular weight is 445 g/mol. The van der Waals surface area contributed by atoms with E-state index >= 15 is 0 Å². The number of aryl methyl sites for hydroxylation is 2. The number of halogens is 1. The first-order chi connectivity index (χ1) is 12.8. The molecular formula is C18H19B2BrN2O3S. The molecule has 1 unspecified atom stereocenters. The number of aromatic nitrogens is 2. The molecule has 0 saturated heterocycles. The van der Waals surface area contributed by atoms with Gasteiger partial charge in [-0.15, -0.1) is 11.3 Å². The molecular weight excluding hydrogens is 426 g/mol. The van der Waals surface area contributed by atoms with Gasteiger partial charge in [0.15, 0.2) is 13.6 Å². The Morgan fingerprint density at radius 2 is 2.19 bits per heavy atom. The molecule has 1 atom stereocenters. The van der Waals surface area contributed by atoms with Gasteiger partial charge in [0.25, 0.3) is 5.56 Å². The van der Waals surface area contributed by atoms with E-state index in [1.165, 1.54) is 11.3 Å². The Labute approximate surface area is 171 Å². The number of alkyl halides is 1.